The van der Waals surface area contributed by atoms with Crippen LogP contribution in [0.3, 0.4) is 0 Å². The van der Waals surface area contributed by atoms with Crippen molar-refractivity contribution in [2.24, 2.45) is 0 Å². The Hall–Kier alpha value is -4.99. The molecule has 6 aromatic carbocycles. The molecule has 7 aromatic rings. The Morgan fingerprint density at radius 3 is 2.04 bits per heavy atom. The number of hydrogen-bond acceptors (Lipinski definition) is 2. The number of aromatic nitrogens is 1. The van der Waals surface area contributed by atoms with Gasteiger partial charge in [-0.2, -0.15) is 0 Å². The highest BCUT2D eigenvalue weighted by Crippen LogP contribution is 2.33. The minimum absolute atomic E-state index is 0.114. The van der Waals surface area contributed by atoms with Crippen molar-refractivity contribution in [2.75, 3.05) is 13.1 Å². The molecule has 0 spiro atoms. The van der Waals surface area contributed by atoms with Gasteiger partial charge in [0.2, 0.25) is 0 Å². The largest absolute Gasteiger partial charge is 0.305 e. The second kappa shape index (κ2) is 13.6. The van der Waals surface area contributed by atoms with Crippen molar-refractivity contribution in [1.82, 2.24) is 9.47 Å². The van der Waals surface area contributed by atoms with Gasteiger partial charge in [-0.25, -0.2) is 0 Å². The van der Waals surface area contributed by atoms with E-state index in [1.165, 1.54) is 63.9 Å². The summed E-state index contributed by atoms with van der Waals surface area (Å²) in [6.07, 6.45) is 7.24. The van der Waals surface area contributed by atoms with Crippen molar-refractivity contribution in [3.63, 3.8) is 0 Å². The lowest BCUT2D eigenvalue weighted by Crippen LogP contribution is -2.37. The number of benzene rings is 6. The summed E-state index contributed by atoms with van der Waals surface area (Å²) in [5.41, 5.74) is 8.20. The highest BCUT2D eigenvalue weighted by atomic mass is 16.1. The van der Waals surface area contributed by atoms with Crippen molar-refractivity contribution >= 4 is 32.4 Å². The van der Waals surface area contributed by atoms with Crippen LogP contribution in [0, 0.1) is 0 Å². The summed E-state index contributed by atoms with van der Waals surface area (Å²) in [6.45, 7) is 2.99. The molecule has 0 bridgehead atoms. The zero-order chi connectivity index (χ0) is 32.3. The summed E-state index contributed by atoms with van der Waals surface area (Å²) < 4.78 is 2.02. The van der Waals surface area contributed by atoms with Crippen LogP contribution in [-0.2, 0) is 19.4 Å². The summed E-state index contributed by atoms with van der Waals surface area (Å²) in [5, 5.41) is 6.78. The van der Waals surface area contributed by atoms with Crippen molar-refractivity contribution in [2.45, 2.75) is 51.1 Å². The number of piperidine rings is 1. The predicted molar refractivity (Wildman–Crippen MR) is 202 cm³/mol. The molecule has 238 valence electrons. The second-order valence-corrected chi connectivity index (χ2v) is 13.5. The summed E-state index contributed by atoms with van der Waals surface area (Å²) in [7, 11) is 0. The molecule has 0 amide bonds. The average molecular weight is 627 g/mol. The number of rotatable bonds is 4. The molecule has 48 heavy (non-hydrogen) atoms. The molecule has 0 saturated carbocycles. The summed E-state index contributed by atoms with van der Waals surface area (Å²) in [5.74, 6) is 0. The molecule has 0 radical (unpaired) electrons. The average Bonchev–Trinajstić information content (AvgIpc) is 3.16. The van der Waals surface area contributed by atoms with Gasteiger partial charge in [0.25, 0.3) is 5.56 Å². The van der Waals surface area contributed by atoms with E-state index in [9.17, 15) is 4.79 Å². The Balaban J connectivity index is 0.000000158. The molecule has 3 nitrogen and oxygen atoms in total. The lowest BCUT2D eigenvalue weighted by Gasteiger charge is -2.33. The Morgan fingerprint density at radius 2 is 1.21 bits per heavy atom. The molecule has 1 aliphatic heterocycles. The lowest BCUT2D eigenvalue weighted by atomic mass is 9.86. The fourth-order valence-corrected chi connectivity index (χ4v) is 7.95. The maximum Gasteiger partial charge on any atom is 0.251 e. The number of fused-ring (bicyclic) bond motifs is 6. The third-order valence-electron chi connectivity index (χ3n) is 10.5. The van der Waals surface area contributed by atoms with Crippen LogP contribution in [0.15, 0.2) is 144 Å². The van der Waals surface area contributed by atoms with E-state index in [-0.39, 0.29) is 11.6 Å². The van der Waals surface area contributed by atoms with Crippen LogP contribution in [0.4, 0.5) is 0 Å². The third kappa shape index (κ3) is 6.19. The van der Waals surface area contributed by atoms with E-state index < -0.39 is 0 Å². The molecule has 0 atom stereocenters. The Kier molecular flexibility index (Phi) is 8.62. The van der Waals surface area contributed by atoms with Gasteiger partial charge in [-0.15, -0.1) is 0 Å². The molecule has 2 aliphatic rings. The number of likely N-dealkylation sites (tertiary alicyclic amines) is 1. The Bertz CT molecular complexity index is 2240. The first kappa shape index (κ1) is 30.4. The molecule has 2 heterocycles. The summed E-state index contributed by atoms with van der Waals surface area (Å²) in [4.78, 5) is 15.1. The topological polar surface area (TPSA) is 25.2 Å². The standard InChI is InChI=1S/C27H26N2O.C18H16/c30-27-15-14-24-8-4-5-9-26(24)29(27)25-16-18-28(19-17-25)20-21-10-12-23(13-11-21)22-6-2-1-3-7-22;1-3-7-15-13(5-1)9-11-18-16-8-4-2-6-14(16)10-12-17(15)18/h1-15,25H,16-20H2;1,3,5,7,9-12H,2,4,6,8H2. The molecular formula is C45H42N2O. The van der Waals surface area contributed by atoms with E-state index in [2.05, 4.69) is 114 Å². The molecular weight excluding hydrogens is 585 g/mol. The second-order valence-electron chi connectivity index (χ2n) is 13.5. The molecule has 1 saturated heterocycles. The Morgan fingerprint density at radius 1 is 0.542 bits per heavy atom. The highest BCUT2D eigenvalue weighted by Gasteiger charge is 2.22. The summed E-state index contributed by atoms with van der Waals surface area (Å²) >= 11 is 0. The van der Waals surface area contributed by atoms with Gasteiger partial charge in [0.05, 0.1) is 5.52 Å². The van der Waals surface area contributed by atoms with Crippen LogP contribution in [0.2, 0.25) is 0 Å². The van der Waals surface area contributed by atoms with E-state index in [0.29, 0.717) is 0 Å². The first-order chi connectivity index (χ1) is 23.7. The van der Waals surface area contributed by atoms with Gasteiger partial charge in [0.1, 0.15) is 0 Å². The van der Waals surface area contributed by atoms with Crippen LogP contribution >= 0.6 is 0 Å². The van der Waals surface area contributed by atoms with Crippen LogP contribution < -0.4 is 5.56 Å². The summed E-state index contributed by atoms with van der Waals surface area (Å²) in [6, 6.07) is 49.5. The highest BCUT2D eigenvalue weighted by molar-refractivity contribution is 6.08. The molecule has 0 unspecified atom stereocenters. The predicted octanol–water partition coefficient (Wildman–Crippen LogP) is 10.4. The maximum absolute atomic E-state index is 12.6. The van der Waals surface area contributed by atoms with E-state index in [0.717, 1.165) is 43.4 Å². The van der Waals surface area contributed by atoms with Gasteiger partial charge in [0, 0.05) is 31.7 Å². The maximum atomic E-state index is 12.6. The minimum atomic E-state index is 0.114. The van der Waals surface area contributed by atoms with Crippen molar-refractivity contribution in [3.05, 3.63) is 167 Å². The molecule has 9 rings (SSSR count). The van der Waals surface area contributed by atoms with E-state index in [4.69, 9.17) is 0 Å². The number of hydrogen-bond donors (Lipinski definition) is 0. The van der Waals surface area contributed by atoms with E-state index >= 15 is 0 Å². The minimum Gasteiger partial charge on any atom is -0.305 e. The van der Waals surface area contributed by atoms with Crippen LogP contribution in [0.25, 0.3) is 43.6 Å². The van der Waals surface area contributed by atoms with Crippen LogP contribution in [-0.4, -0.2) is 22.6 Å². The van der Waals surface area contributed by atoms with Crippen molar-refractivity contribution in [3.8, 4) is 11.1 Å². The van der Waals surface area contributed by atoms with Crippen molar-refractivity contribution in [1.29, 1.82) is 0 Å². The number of pyridine rings is 1. The molecule has 1 aliphatic carbocycles. The molecule has 3 heteroatoms. The van der Waals surface area contributed by atoms with Gasteiger partial charge in [0.15, 0.2) is 0 Å². The monoisotopic (exact) mass is 626 g/mol. The SMILES string of the molecule is O=c1ccc2ccccc2n1C1CCN(Cc2ccc(-c3ccccc3)cc2)CC1.c1ccc2c(c1)ccc1c3c(ccc12)CCCC3. The van der Waals surface area contributed by atoms with E-state index in [1.807, 2.05) is 28.8 Å². The van der Waals surface area contributed by atoms with Gasteiger partial charge in [-0.3, -0.25) is 9.69 Å². The van der Waals surface area contributed by atoms with Crippen LogP contribution in [0.1, 0.15) is 48.4 Å². The number of nitrogens with zero attached hydrogens (tertiary/aromatic N) is 2. The number of para-hydroxylation sites is 1. The first-order valence-electron chi connectivity index (χ1n) is 17.6. The van der Waals surface area contributed by atoms with E-state index in [1.54, 1.807) is 17.2 Å². The first-order valence-corrected chi connectivity index (χ1v) is 17.6. The zero-order valence-corrected chi connectivity index (χ0v) is 27.5. The van der Waals surface area contributed by atoms with Gasteiger partial charge in [-0.05, 0) is 105 Å². The number of aryl methyl sites for hydroxylation is 2. The van der Waals surface area contributed by atoms with Gasteiger partial charge < -0.3 is 4.57 Å². The molecule has 1 fully saturated rings. The van der Waals surface area contributed by atoms with Crippen LogP contribution in [0.5, 0.6) is 0 Å². The molecule has 0 N–H and O–H groups in total. The lowest BCUT2D eigenvalue weighted by molar-refractivity contribution is 0.180. The fourth-order valence-electron chi connectivity index (χ4n) is 7.95. The van der Waals surface area contributed by atoms with Crippen molar-refractivity contribution < 1.29 is 0 Å². The normalized spacial score (nSPS) is 15.2. The fraction of sp³-hybridized carbons (Fsp3) is 0.222. The third-order valence-corrected chi connectivity index (χ3v) is 10.5. The van der Waals surface area contributed by atoms with Gasteiger partial charge >= 0.3 is 0 Å². The quantitative estimate of drug-likeness (QED) is 0.182. The molecule has 1 aromatic heterocycles. The smallest absolute Gasteiger partial charge is 0.251 e. The Labute approximate surface area is 283 Å². The van der Waals surface area contributed by atoms with Gasteiger partial charge in [-0.1, -0.05) is 121 Å². The zero-order valence-electron chi connectivity index (χ0n) is 27.5.